The summed E-state index contributed by atoms with van der Waals surface area (Å²) in [6, 6.07) is 0. The van der Waals surface area contributed by atoms with Crippen LogP contribution >= 0.6 is 0 Å². The van der Waals surface area contributed by atoms with Gasteiger partial charge in [-0.1, -0.05) is 115 Å². The van der Waals surface area contributed by atoms with E-state index in [1.54, 1.807) is 0 Å². The van der Waals surface area contributed by atoms with Crippen LogP contribution in [0.3, 0.4) is 0 Å². The van der Waals surface area contributed by atoms with E-state index in [0.29, 0.717) is 38.5 Å². The van der Waals surface area contributed by atoms with Crippen molar-refractivity contribution in [3.05, 3.63) is 24.3 Å². The third-order valence-electron chi connectivity index (χ3n) is 10.7. The van der Waals surface area contributed by atoms with Gasteiger partial charge in [-0.3, -0.25) is 28.8 Å². The second-order valence-corrected chi connectivity index (χ2v) is 16.8. The Morgan fingerprint density at radius 1 is 0.385 bits per heavy atom. The summed E-state index contributed by atoms with van der Waals surface area (Å²) >= 11 is 0. The van der Waals surface area contributed by atoms with E-state index in [9.17, 15) is 28.8 Å². The number of rotatable bonds is 46. The smallest absolute Gasteiger partial charge is 0.308 e. The van der Waals surface area contributed by atoms with E-state index in [-0.39, 0.29) is 107 Å². The summed E-state index contributed by atoms with van der Waals surface area (Å²) in [6.45, 7) is 4.93. The molecule has 2 unspecified atom stereocenters. The van der Waals surface area contributed by atoms with E-state index >= 15 is 0 Å². The van der Waals surface area contributed by atoms with Crippen molar-refractivity contribution in [1.82, 2.24) is 0 Å². The molecule has 0 saturated heterocycles. The Labute approximate surface area is 392 Å². The highest BCUT2D eigenvalue weighted by atomic mass is 16.7. The maximum Gasteiger partial charge on any atom is 0.308 e. The molecule has 0 spiro atoms. The lowest BCUT2D eigenvalue weighted by Crippen LogP contribution is -2.18. The summed E-state index contributed by atoms with van der Waals surface area (Å²) in [4.78, 5) is 72.3. The second kappa shape index (κ2) is 46.7. The van der Waals surface area contributed by atoms with Gasteiger partial charge in [-0.15, -0.1) is 0 Å². The third-order valence-corrected chi connectivity index (χ3v) is 10.7. The van der Waals surface area contributed by atoms with Crippen LogP contribution in [0.4, 0.5) is 0 Å². The Bertz CT molecular complexity index is 1180. The number of allylic oxidation sites excluding steroid dienone is 2. The molecule has 0 rings (SSSR count). The van der Waals surface area contributed by atoms with Gasteiger partial charge in [-0.25, -0.2) is 0 Å². The molecule has 0 aromatic carbocycles. The molecule has 2 atom stereocenters. The number of carbonyl (C=O) groups excluding carboxylic acids is 6. The van der Waals surface area contributed by atoms with Crippen molar-refractivity contribution in [2.45, 2.75) is 232 Å². The summed E-state index contributed by atoms with van der Waals surface area (Å²) in [5.74, 6) is -1.96. The van der Waals surface area contributed by atoms with Gasteiger partial charge in [-0.2, -0.15) is 0 Å². The Morgan fingerprint density at radius 3 is 1.12 bits per heavy atom. The zero-order valence-electron chi connectivity index (χ0n) is 40.7. The molecule has 0 amide bonds. The van der Waals surface area contributed by atoms with Crippen LogP contribution in [0.1, 0.15) is 219 Å². The van der Waals surface area contributed by atoms with Crippen LogP contribution in [-0.4, -0.2) is 81.1 Å². The number of nitrogens with two attached hydrogens (primary N) is 2. The number of unbranched alkanes of at least 4 members (excludes halogenated alkanes) is 16. The predicted octanol–water partition coefficient (Wildman–Crippen LogP) is 10.5. The minimum atomic E-state index is -0.358. The van der Waals surface area contributed by atoms with E-state index in [1.807, 2.05) is 0 Å². The molecule has 0 heterocycles. The molecule has 4 N–H and O–H groups in total. The Hall–Kier alpha value is -3.78. The Balaban J connectivity index is 4.03. The SMILES string of the molecule is CCCCCCC(CC=CCCCCCCCC(=O)OCOC(=O)CCCCCCCC=CCC(CCCCCC)OC(=O)CCCC(=O)OCCN)OC(=O)CCCC(=O)OCCN. The summed E-state index contributed by atoms with van der Waals surface area (Å²) in [7, 11) is 0. The molecule has 14 nitrogen and oxygen atoms in total. The first kappa shape index (κ1) is 61.2. The van der Waals surface area contributed by atoms with E-state index in [2.05, 4.69) is 38.2 Å². The number of esters is 6. The van der Waals surface area contributed by atoms with Crippen molar-refractivity contribution in [1.29, 1.82) is 0 Å². The van der Waals surface area contributed by atoms with Crippen LogP contribution in [0, 0.1) is 0 Å². The maximum absolute atomic E-state index is 12.4. The van der Waals surface area contributed by atoms with Crippen LogP contribution in [0.5, 0.6) is 0 Å². The molecule has 0 saturated carbocycles. The normalized spacial score (nSPS) is 12.2. The topological polar surface area (TPSA) is 210 Å². The number of hydrogen-bond acceptors (Lipinski definition) is 14. The van der Waals surface area contributed by atoms with Gasteiger partial charge in [0, 0.05) is 64.5 Å². The summed E-state index contributed by atoms with van der Waals surface area (Å²) in [5, 5.41) is 0. The molecule has 0 aromatic rings. The van der Waals surface area contributed by atoms with Crippen molar-refractivity contribution < 1.29 is 57.2 Å². The fourth-order valence-electron chi connectivity index (χ4n) is 6.94. The zero-order valence-corrected chi connectivity index (χ0v) is 40.7. The van der Waals surface area contributed by atoms with E-state index < -0.39 is 0 Å². The quantitative estimate of drug-likeness (QED) is 0.0191. The highest BCUT2D eigenvalue weighted by Crippen LogP contribution is 2.17. The number of ether oxygens (including phenoxy) is 6. The van der Waals surface area contributed by atoms with Crippen LogP contribution in [0.25, 0.3) is 0 Å². The van der Waals surface area contributed by atoms with Gasteiger partial charge < -0.3 is 39.9 Å². The van der Waals surface area contributed by atoms with Crippen LogP contribution in [0.15, 0.2) is 24.3 Å². The number of hydrogen-bond donors (Lipinski definition) is 2. The van der Waals surface area contributed by atoms with Gasteiger partial charge in [0.25, 0.3) is 0 Å². The fourth-order valence-corrected chi connectivity index (χ4v) is 6.94. The lowest BCUT2D eigenvalue weighted by Gasteiger charge is -2.16. The molecule has 0 aromatic heterocycles. The van der Waals surface area contributed by atoms with Crippen molar-refractivity contribution in [2.24, 2.45) is 11.5 Å². The monoisotopic (exact) mass is 923 g/mol. The first-order valence-electron chi connectivity index (χ1n) is 25.4. The highest BCUT2D eigenvalue weighted by molar-refractivity contribution is 5.73. The van der Waals surface area contributed by atoms with Gasteiger partial charge in [0.1, 0.15) is 25.4 Å². The lowest BCUT2D eigenvalue weighted by molar-refractivity contribution is -0.167. The fraction of sp³-hybridized carbons (Fsp3) is 0.804. The minimum Gasteiger partial charge on any atom is -0.464 e. The van der Waals surface area contributed by atoms with Gasteiger partial charge in [0.2, 0.25) is 6.79 Å². The molecular formula is C51H90N2O12. The standard InChI is InChI=1S/C51H90N2O12/c1-3-5-7-21-29-44(64-50(58)37-27-35-46(54)60-41-39-52)31-23-17-13-9-11-15-19-25-33-48(56)62-43-63-49(57)34-26-20-16-12-10-14-18-24-32-45(30-22-8-6-4-2)65-51(59)38-28-36-47(55)61-42-40-53/h17-18,23-24,44-45H,3-16,19-22,25-43,52-53H2,1-2H3. The summed E-state index contributed by atoms with van der Waals surface area (Å²) in [6.07, 6.45) is 33.6. The first-order valence-corrected chi connectivity index (χ1v) is 25.4. The Morgan fingerprint density at radius 2 is 0.723 bits per heavy atom. The van der Waals surface area contributed by atoms with Crippen LogP contribution in [0.2, 0.25) is 0 Å². The minimum absolute atomic E-state index is 0.158. The average molecular weight is 923 g/mol. The van der Waals surface area contributed by atoms with E-state index in [0.717, 1.165) is 141 Å². The van der Waals surface area contributed by atoms with E-state index in [4.69, 9.17) is 39.9 Å². The average Bonchev–Trinajstić information content (AvgIpc) is 3.28. The summed E-state index contributed by atoms with van der Waals surface area (Å²) < 4.78 is 31.6. The van der Waals surface area contributed by atoms with Gasteiger partial charge in [-0.05, 0) is 77.0 Å². The van der Waals surface area contributed by atoms with Gasteiger partial charge in [0.05, 0.1) is 0 Å². The van der Waals surface area contributed by atoms with Crippen molar-refractivity contribution in [3.63, 3.8) is 0 Å². The molecule has 65 heavy (non-hydrogen) atoms. The molecule has 0 aliphatic rings. The summed E-state index contributed by atoms with van der Waals surface area (Å²) in [5.41, 5.74) is 10.7. The molecule has 0 bridgehead atoms. The maximum atomic E-state index is 12.4. The molecule has 0 fully saturated rings. The molecular weight excluding hydrogens is 833 g/mol. The largest absolute Gasteiger partial charge is 0.464 e. The molecule has 14 heteroatoms. The first-order chi connectivity index (χ1) is 31.6. The van der Waals surface area contributed by atoms with Crippen molar-refractivity contribution >= 4 is 35.8 Å². The molecule has 0 radical (unpaired) electrons. The van der Waals surface area contributed by atoms with Crippen molar-refractivity contribution in [2.75, 3.05) is 33.1 Å². The Kier molecular flexibility index (Phi) is 44.0. The van der Waals surface area contributed by atoms with Crippen LogP contribution < -0.4 is 11.5 Å². The lowest BCUT2D eigenvalue weighted by atomic mass is 10.1. The van der Waals surface area contributed by atoms with Crippen molar-refractivity contribution in [3.8, 4) is 0 Å². The highest BCUT2D eigenvalue weighted by Gasteiger charge is 2.16. The van der Waals surface area contributed by atoms with Gasteiger partial charge in [0.15, 0.2) is 0 Å². The van der Waals surface area contributed by atoms with E-state index in [1.165, 1.54) is 0 Å². The van der Waals surface area contributed by atoms with Crippen LogP contribution in [-0.2, 0) is 57.2 Å². The zero-order chi connectivity index (χ0) is 47.9. The predicted molar refractivity (Wildman–Crippen MR) is 254 cm³/mol. The molecule has 0 aliphatic heterocycles. The number of carbonyl (C=O) groups is 6. The third kappa shape index (κ3) is 43.9. The second-order valence-electron chi connectivity index (χ2n) is 16.8. The molecule has 0 aliphatic carbocycles. The van der Waals surface area contributed by atoms with Gasteiger partial charge >= 0.3 is 35.8 Å². The molecule has 376 valence electrons.